The maximum Gasteiger partial charge on any atom is 0.208 e. The minimum Gasteiger partial charge on any atom is -0.395 e. The number of aromatic nitrogens is 3. The highest BCUT2D eigenvalue weighted by molar-refractivity contribution is 7.99. The number of rotatable bonds is 5. The second-order valence-electron chi connectivity index (χ2n) is 3.86. The van der Waals surface area contributed by atoms with Crippen molar-refractivity contribution in [3.8, 4) is 0 Å². The molecule has 0 fully saturated rings. The molecule has 0 aliphatic heterocycles. The molecule has 86 valence electrons. The van der Waals surface area contributed by atoms with Crippen LogP contribution >= 0.6 is 11.8 Å². The Hall–Kier alpha value is -0.590. The molecular weight excluding hydrogens is 212 g/mol. The maximum atomic E-state index is 9.25. The van der Waals surface area contributed by atoms with Gasteiger partial charge in [-0.15, -0.1) is 5.10 Å². The number of H-pyrrole nitrogens is 1. The lowest BCUT2D eigenvalue weighted by molar-refractivity contribution is 0.269. The maximum absolute atomic E-state index is 9.25. The third-order valence-electron chi connectivity index (χ3n) is 2.21. The van der Waals surface area contributed by atoms with Crippen LogP contribution in [0.4, 0.5) is 0 Å². The molecule has 0 amide bonds. The zero-order valence-electron chi connectivity index (χ0n) is 9.27. The summed E-state index contributed by atoms with van der Waals surface area (Å²) in [5, 5.41) is 16.6. The summed E-state index contributed by atoms with van der Waals surface area (Å²) in [6, 6.07) is -0.0567. The number of thioether (sulfide) groups is 1. The van der Waals surface area contributed by atoms with Gasteiger partial charge in [0, 0.05) is 6.04 Å². The van der Waals surface area contributed by atoms with E-state index >= 15 is 0 Å². The molecule has 1 aromatic heterocycles. The van der Waals surface area contributed by atoms with Gasteiger partial charge in [0.05, 0.1) is 11.9 Å². The number of hydrogen-bond acceptors (Lipinski definition) is 5. The Balaban J connectivity index is 2.61. The predicted octanol–water partition coefficient (Wildman–Crippen LogP) is 0.549. The van der Waals surface area contributed by atoms with Gasteiger partial charge in [0.2, 0.25) is 5.16 Å². The molecule has 0 bridgehead atoms. The van der Waals surface area contributed by atoms with Crippen LogP contribution in [0.3, 0.4) is 0 Å². The Morgan fingerprint density at radius 3 is 2.60 bits per heavy atom. The lowest BCUT2D eigenvalue weighted by Crippen LogP contribution is -2.39. The minimum atomic E-state index is -0.0567. The Labute approximate surface area is 93.9 Å². The molecule has 15 heavy (non-hydrogen) atoms. The van der Waals surface area contributed by atoms with Crippen molar-refractivity contribution in [1.82, 2.24) is 15.2 Å². The second-order valence-corrected chi connectivity index (χ2v) is 5.07. The molecule has 0 saturated heterocycles. The van der Waals surface area contributed by atoms with Gasteiger partial charge in [0.25, 0.3) is 0 Å². The summed E-state index contributed by atoms with van der Waals surface area (Å²) in [5.74, 6) is 1.10. The highest BCUT2D eigenvalue weighted by Crippen LogP contribution is 2.23. The molecule has 5 nitrogen and oxygen atoms in total. The molecular formula is C9H18N4OS. The summed E-state index contributed by atoms with van der Waals surface area (Å²) in [6.45, 7) is 5.96. The van der Waals surface area contributed by atoms with Crippen molar-refractivity contribution >= 4 is 11.8 Å². The van der Waals surface area contributed by atoms with Crippen LogP contribution in [0.5, 0.6) is 0 Å². The zero-order valence-corrected chi connectivity index (χ0v) is 10.1. The first-order valence-electron chi connectivity index (χ1n) is 4.96. The summed E-state index contributed by atoms with van der Waals surface area (Å²) in [7, 11) is 0. The minimum absolute atomic E-state index is 0.0393. The number of aromatic amines is 1. The molecule has 0 aromatic carbocycles. The van der Waals surface area contributed by atoms with E-state index in [-0.39, 0.29) is 17.9 Å². The highest BCUT2D eigenvalue weighted by Gasteiger charge is 2.22. The molecule has 2 atom stereocenters. The summed E-state index contributed by atoms with van der Waals surface area (Å²) in [6.07, 6.45) is 0. The van der Waals surface area contributed by atoms with E-state index < -0.39 is 0 Å². The number of nitrogens with zero attached hydrogens (tertiary/aromatic N) is 2. The number of aliphatic hydroxyl groups excluding tert-OH is 1. The van der Waals surface area contributed by atoms with Crippen LogP contribution in [0.1, 0.15) is 19.7 Å². The molecule has 4 N–H and O–H groups in total. The van der Waals surface area contributed by atoms with E-state index in [0.29, 0.717) is 11.1 Å². The van der Waals surface area contributed by atoms with Gasteiger partial charge in [-0.1, -0.05) is 25.6 Å². The van der Waals surface area contributed by atoms with Crippen LogP contribution < -0.4 is 5.73 Å². The van der Waals surface area contributed by atoms with Crippen molar-refractivity contribution in [3.05, 3.63) is 5.82 Å². The monoisotopic (exact) mass is 230 g/mol. The van der Waals surface area contributed by atoms with Gasteiger partial charge in [-0.05, 0) is 12.8 Å². The van der Waals surface area contributed by atoms with Crippen LogP contribution in [0.15, 0.2) is 5.16 Å². The average Bonchev–Trinajstić information content (AvgIpc) is 2.59. The topological polar surface area (TPSA) is 87.8 Å². The van der Waals surface area contributed by atoms with Crippen molar-refractivity contribution in [2.24, 2.45) is 11.7 Å². The van der Waals surface area contributed by atoms with Crippen molar-refractivity contribution in [2.75, 3.05) is 6.61 Å². The molecule has 6 heteroatoms. The molecule has 0 saturated carbocycles. The Bertz CT molecular complexity index is 302. The van der Waals surface area contributed by atoms with E-state index in [4.69, 9.17) is 5.73 Å². The Morgan fingerprint density at radius 1 is 1.53 bits per heavy atom. The van der Waals surface area contributed by atoms with E-state index in [1.807, 2.05) is 20.8 Å². The van der Waals surface area contributed by atoms with Gasteiger partial charge in [0.15, 0.2) is 0 Å². The molecule has 0 radical (unpaired) electrons. The van der Waals surface area contributed by atoms with Crippen LogP contribution in [0.25, 0.3) is 0 Å². The highest BCUT2D eigenvalue weighted by atomic mass is 32.2. The average molecular weight is 230 g/mol. The molecule has 0 aliphatic carbocycles. The van der Waals surface area contributed by atoms with Crippen LogP contribution in [0.2, 0.25) is 0 Å². The van der Waals surface area contributed by atoms with Gasteiger partial charge >= 0.3 is 0 Å². The Morgan fingerprint density at radius 2 is 2.20 bits per heavy atom. The molecule has 1 aromatic rings. The number of nitrogens with two attached hydrogens (primary N) is 1. The lowest BCUT2D eigenvalue weighted by Gasteiger charge is -2.23. The number of aliphatic hydroxyl groups is 1. The van der Waals surface area contributed by atoms with Crippen molar-refractivity contribution < 1.29 is 5.11 Å². The number of aryl methyl sites for hydroxylation is 1. The molecule has 1 rings (SSSR count). The quantitative estimate of drug-likeness (QED) is 0.643. The fraction of sp³-hybridized carbons (Fsp3) is 0.778. The first-order chi connectivity index (χ1) is 7.04. The molecule has 1 heterocycles. The van der Waals surface area contributed by atoms with Crippen LogP contribution in [-0.4, -0.2) is 38.2 Å². The van der Waals surface area contributed by atoms with Crippen molar-refractivity contribution in [2.45, 2.75) is 37.2 Å². The lowest BCUT2D eigenvalue weighted by atomic mass is 10.0. The van der Waals surface area contributed by atoms with Crippen molar-refractivity contribution in [1.29, 1.82) is 0 Å². The predicted molar refractivity (Wildman–Crippen MR) is 60.7 cm³/mol. The summed E-state index contributed by atoms with van der Waals surface area (Å²) < 4.78 is 0. The van der Waals surface area contributed by atoms with E-state index in [1.54, 1.807) is 0 Å². The van der Waals surface area contributed by atoms with Gasteiger partial charge in [0.1, 0.15) is 5.82 Å². The third kappa shape index (κ3) is 3.48. The number of hydrogen-bond donors (Lipinski definition) is 3. The van der Waals surface area contributed by atoms with E-state index in [0.717, 1.165) is 5.82 Å². The summed E-state index contributed by atoms with van der Waals surface area (Å²) in [4.78, 5) is 4.17. The summed E-state index contributed by atoms with van der Waals surface area (Å²) in [5.41, 5.74) is 5.98. The van der Waals surface area contributed by atoms with Gasteiger partial charge < -0.3 is 10.8 Å². The normalized spacial score (nSPS) is 15.6. The zero-order chi connectivity index (χ0) is 11.4. The van der Waals surface area contributed by atoms with Gasteiger partial charge in [-0.2, -0.15) is 0 Å². The molecule has 0 spiro atoms. The first-order valence-corrected chi connectivity index (χ1v) is 5.84. The standard InChI is InChI=1S/C9H18N4OS/c1-5(2)8(10)7(4-14)15-9-11-6(3)12-13-9/h5,7-8,14H,4,10H2,1-3H3,(H,11,12,13). The van der Waals surface area contributed by atoms with Crippen LogP contribution in [0, 0.1) is 12.8 Å². The van der Waals surface area contributed by atoms with Crippen LogP contribution in [-0.2, 0) is 0 Å². The molecule has 0 aliphatic rings. The van der Waals surface area contributed by atoms with Gasteiger partial charge in [-0.3, -0.25) is 5.10 Å². The first kappa shape index (κ1) is 12.5. The largest absolute Gasteiger partial charge is 0.395 e. The Kier molecular flexibility index (Phi) is 4.56. The van der Waals surface area contributed by atoms with Gasteiger partial charge in [-0.25, -0.2) is 4.98 Å². The third-order valence-corrected chi connectivity index (χ3v) is 3.37. The number of nitrogens with one attached hydrogen (secondary N) is 1. The van der Waals surface area contributed by atoms with E-state index in [2.05, 4.69) is 15.2 Å². The van der Waals surface area contributed by atoms with Crippen molar-refractivity contribution in [3.63, 3.8) is 0 Å². The second kappa shape index (κ2) is 5.48. The fourth-order valence-corrected chi connectivity index (χ4v) is 2.28. The van der Waals surface area contributed by atoms with E-state index in [9.17, 15) is 5.11 Å². The smallest absolute Gasteiger partial charge is 0.208 e. The fourth-order valence-electron chi connectivity index (χ4n) is 1.18. The SMILES string of the molecule is Cc1nc(SC(CO)C(N)C(C)C)n[nH]1. The molecule has 2 unspecified atom stereocenters. The summed E-state index contributed by atoms with van der Waals surface area (Å²) >= 11 is 1.42. The van der Waals surface area contributed by atoms with E-state index in [1.165, 1.54) is 11.8 Å².